The van der Waals surface area contributed by atoms with Crippen LogP contribution in [-0.2, 0) is 6.42 Å². The molecule has 0 unspecified atom stereocenters. The van der Waals surface area contributed by atoms with Crippen molar-refractivity contribution in [1.82, 2.24) is 0 Å². The van der Waals surface area contributed by atoms with Gasteiger partial charge in [-0.3, -0.25) is 0 Å². The Labute approximate surface area is 159 Å². The second-order valence-corrected chi connectivity index (χ2v) is 6.51. The van der Waals surface area contributed by atoms with Crippen LogP contribution in [0.4, 0.5) is 5.69 Å². The number of anilines is 1. The highest BCUT2D eigenvalue weighted by atomic mass is 14.9. The number of unbranched alkanes of at least 4 members (excludes halogenated alkanes) is 3. The van der Waals surface area contributed by atoms with Crippen molar-refractivity contribution < 1.29 is 0 Å². The summed E-state index contributed by atoms with van der Waals surface area (Å²) in [4.78, 5) is 0. The fraction of sp³-hybridized carbons (Fsp3) is 0.360. The molecule has 1 N–H and O–H groups in total. The smallest absolute Gasteiger partial charge is 0.0341 e. The summed E-state index contributed by atoms with van der Waals surface area (Å²) in [5, 5.41) is 3.41. The van der Waals surface area contributed by atoms with Crippen LogP contribution in [0.2, 0.25) is 0 Å². The van der Waals surface area contributed by atoms with E-state index in [4.69, 9.17) is 0 Å². The molecule has 26 heavy (non-hydrogen) atoms. The lowest BCUT2D eigenvalue weighted by Gasteiger charge is -2.04. The second kappa shape index (κ2) is 11.8. The van der Waals surface area contributed by atoms with Crippen molar-refractivity contribution in [3.63, 3.8) is 0 Å². The quantitative estimate of drug-likeness (QED) is 0.455. The summed E-state index contributed by atoms with van der Waals surface area (Å²) in [5.74, 6) is 12.1. The molecule has 0 aromatic heterocycles. The first-order valence-corrected chi connectivity index (χ1v) is 9.76. The van der Waals surface area contributed by atoms with Crippen LogP contribution in [0.25, 0.3) is 0 Å². The summed E-state index contributed by atoms with van der Waals surface area (Å²) in [6, 6.07) is 16.8. The Morgan fingerprint density at radius 2 is 1.27 bits per heavy atom. The van der Waals surface area contributed by atoms with Gasteiger partial charge in [-0.2, -0.15) is 0 Å². The zero-order chi connectivity index (χ0) is 18.5. The van der Waals surface area contributed by atoms with Crippen LogP contribution in [0.3, 0.4) is 0 Å². The molecule has 0 amide bonds. The van der Waals surface area contributed by atoms with Gasteiger partial charge in [-0.25, -0.2) is 0 Å². The van der Waals surface area contributed by atoms with Gasteiger partial charge in [-0.1, -0.05) is 57.1 Å². The maximum Gasteiger partial charge on any atom is 0.0341 e. The predicted octanol–water partition coefficient (Wildman–Crippen LogP) is 6.03. The molecule has 0 fully saturated rings. The molecule has 1 heteroatoms. The molecule has 0 saturated carbocycles. The molecular formula is C25H29N. The number of nitrogens with one attached hydrogen (secondary N) is 1. The lowest BCUT2D eigenvalue weighted by Crippen LogP contribution is -2.00. The van der Waals surface area contributed by atoms with Crippen LogP contribution < -0.4 is 5.32 Å². The standard InChI is InChI=1S/C25H29N/c1-3-5-7-10-22-13-15-23(16-14-22)11-8-9-12-24-17-19-25(20-18-24)26-21-6-4-2/h13-20,26H,3-7,10,21H2,1-2H3. The maximum atomic E-state index is 3.41. The minimum atomic E-state index is 0.992. The van der Waals surface area contributed by atoms with Crippen molar-refractivity contribution in [3.05, 3.63) is 65.2 Å². The van der Waals surface area contributed by atoms with E-state index >= 15 is 0 Å². The fourth-order valence-electron chi connectivity index (χ4n) is 2.62. The summed E-state index contributed by atoms with van der Waals surface area (Å²) in [6.07, 6.45) is 7.38. The number of aryl methyl sites for hydroxylation is 1. The molecule has 0 heterocycles. The van der Waals surface area contributed by atoms with Crippen LogP contribution in [0.15, 0.2) is 48.5 Å². The largest absolute Gasteiger partial charge is 0.385 e. The molecule has 134 valence electrons. The minimum Gasteiger partial charge on any atom is -0.385 e. The third-order valence-electron chi connectivity index (χ3n) is 4.24. The Hall–Kier alpha value is -2.64. The van der Waals surface area contributed by atoms with E-state index in [9.17, 15) is 0 Å². The maximum absolute atomic E-state index is 3.41. The number of hydrogen-bond donors (Lipinski definition) is 1. The van der Waals surface area contributed by atoms with Crippen molar-refractivity contribution >= 4 is 5.69 Å². The van der Waals surface area contributed by atoms with Crippen LogP contribution in [0.1, 0.15) is 62.6 Å². The Bertz CT molecular complexity index is 692. The van der Waals surface area contributed by atoms with E-state index in [1.165, 1.54) is 37.7 Å². The minimum absolute atomic E-state index is 0.992. The number of hydrogen-bond acceptors (Lipinski definition) is 1. The first kappa shape index (κ1) is 19.7. The lowest BCUT2D eigenvalue weighted by atomic mass is 10.1. The lowest BCUT2D eigenvalue weighted by molar-refractivity contribution is 0.717. The van der Waals surface area contributed by atoms with Gasteiger partial charge in [0.15, 0.2) is 0 Å². The van der Waals surface area contributed by atoms with E-state index in [2.05, 4.69) is 79.2 Å². The fourth-order valence-corrected chi connectivity index (χ4v) is 2.62. The molecular weight excluding hydrogens is 314 g/mol. The van der Waals surface area contributed by atoms with Gasteiger partial charge in [-0.05, 0) is 73.1 Å². The third-order valence-corrected chi connectivity index (χ3v) is 4.24. The highest BCUT2D eigenvalue weighted by molar-refractivity contribution is 5.50. The van der Waals surface area contributed by atoms with Crippen LogP contribution in [0, 0.1) is 23.7 Å². The highest BCUT2D eigenvalue weighted by Crippen LogP contribution is 2.09. The molecule has 1 nitrogen and oxygen atoms in total. The molecule has 0 bridgehead atoms. The van der Waals surface area contributed by atoms with Crippen molar-refractivity contribution in [2.45, 2.75) is 52.4 Å². The van der Waals surface area contributed by atoms with E-state index in [1.807, 2.05) is 12.1 Å². The third kappa shape index (κ3) is 7.50. The zero-order valence-corrected chi connectivity index (χ0v) is 16.1. The molecule has 0 atom stereocenters. The molecule has 0 aliphatic carbocycles. The van der Waals surface area contributed by atoms with Gasteiger partial charge in [0, 0.05) is 23.4 Å². The predicted molar refractivity (Wildman–Crippen MR) is 113 cm³/mol. The molecule has 2 rings (SSSR count). The topological polar surface area (TPSA) is 12.0 Å². The van der Waals surface area contributed by atoms with Crippen LogP contribution >= 0.6 is 0 Å². The van der Waals surface area contributed by atoms with Crippen molar-refractivity contribution in [2.24, 2.45) is 0 Å². The monoisotopic (exact) mass is 343 g/mol. The Morgan fingerprint density at radius 1 is 0.692 bits per heavy atom. The molecule has 0 spiro atoms. The summed E-state index contributed by atoms with van der Waals surface area (Å²) < 4.78 is 0. The van der Waals surface area contributed by atoms with Crippen LogP contribution in [0.5, 0.6) is 0 Å². The average Bonchev–Trinajstić information content (AvgIpc) is 2.68. The van der Waals surface area contributed by atoms with Gasteiger partial charge in [0.1, 0.15) is 0 Å². The zero-order valence-electron chi connectivity index (χ0n) is 16.1. The summed E-state index contributed by atoms with van der Waals surface area (Å²) >= 11 is 0. The van der Waals surface area contributed by atoms with E-state index in [1.54, 1.807) is 0 Å². The van der Waals surface area contributed by atoms with Crippen molar-refractivity contribution in [3.8, 4) is 23.7 Å². The number of rotatable bonds is 8. The van der Waals surface area contributed by atoms with Gasteiger partial charge >= 0.3 is 0 Å². The van der Waals surface area contributed by atoms with Gasteiger partial charge < -0.3 is 5.32 Å². The SMILES string of the molecule is CCCCCc1ccc(C#CC#Cc2ccc(NCCCC)cc2)cc1. The average molecular weight is 344 g/mol. The molecule has 0 aliphatic heterocycles. The van der Waals surface area contributed by atoms with Gasteiger partial charge in [-0.15, -0.1) is 0 Å². The van der Waals surface area contributed by atoms with Crippen LogP contribution in [-0.4, -0.2) is 6.54 Å². The van der Waals surface area contributed by atoms with Gasteiger partial charge in [0.2, 0.25) is 0 Å². The molecule has 2 aromatic carbocycles. The normalized spacial score (nSPS) is 9.62. The molecule has 0 radical (unpaired) electrons. The summed E-state index contributed by atoms with van der Waals surface area (Å²) in [7, 11) is 0. The first-order valence-electron chi connectivity index (χ1n) is 9.76. The first-order chi connectivity index (χ1) is 12.8. The molecule has 2 aromatic rings. The molecule has 0 saturated heterocycles. The second-order valence-electron chi connectivity index (χ2n) is 6.51. The Kier molecular flexibility index (Phi) is 8.96. The molecule has 0 aliphatic rings. The van der Waals surface area contributed by atoms with Gasteiger partial charge in [0.05, 0.1) is 0 Å². The van der Waals surface area contributed by atoms with Crippen molar-refractivity contribution in [2.75, 3.05) is 11.9 Å². The van der Waals surface area contributed by atoms with E-state index in [0.29, 0.717) is 0 Å². The highest BCUT2D eigenvalue weighted by Gasteiger charge is 1.93. The summed E-state index contributed by atoms with van der Waals surface area (Å²) in [6.45, 7) is 5.45. The van der Waals surface area contributed by atoms with E-state index in [-0.39, 0.29) is 0 Å². The van der Waals surface area contributed by atoms with E-state index in [0.717, 1.165) is 29.8 Å². The Morgan fingerprint density at radius 3 is 1.85 bits per heavy atom. The van der Waals surface area contributed by atoms with E-state index < -0.39 is 0 Å². The van der Waals surface area contributed by atoms with Crippen molar-refractivity contribution in [1.29, 1.82) is 0 Å². The van der Waals surface area contributed by atoms with Gasteiger partial charge in [0.25, 0.3) is 0 Å². The summed E-state index contributed by atoms with van der Waals surface area (Å²) in [5.41, 5.74) is 4.55. The Balaban J connectivity index is 1.86. The number of benzene rings is 2.